The van der Waals surface area contributed by atoms with Gasteiger partial charge in [-0.25, -0.2) is 0 Å². The minimum Gasteiger partial charge on any atom is -0.294 e. The molecule has 1 heteroatoms. The zero-order valence-corrected chi connectivity index (χ0v) is 16.8. The first-order chi connectivity index (χ1) is 11.6. The Morgan fingerprint density at radius 3 is 1.71 bits per heavy atom. The SMILES string of the molecule is CCCCCCCCCCCCN(CC)C(C)(C)c1ccccc1. The first kappa shape index (κ1) is 21.2. The molecule has 1 nitrogen and oxygen atoms in total. The predicted molar refractivity (Wildman–Crippen MR) is 109 cm³/mol. The van der Waals surface area contributed by atoms with Crippen molar-refractivity contribution in [3.8, 4) is 0 Å². The Kier molecular flexibility index (Phi) is 11.1. The molecule has 0 aliphatic heterocycles. The largest absolute Gasteiger partial charge is 0.294 e. The first-order valence-electron chi connectivity index (χ1n) is 10.4. The molecule has 0 aromatic heterocycles. The van der Waals surface area contributed by atoms with E-state index in [0.717, 1.165) is 6.54 Å². The third-order valence-electron chi connectivity index (χ3n) is 5.43. The van der Waals surface area contributed by atoms with E-state index in [2.05, 4.69) is 62.9 Å². The summed E-state index contributed by atoms with van der Waals surface area (Å²) in [7, 11) is 0. The minimum absolute atomic E-state index is 0.134. The van der Waals surface area contributed by atoms with E-state index in [9.17, 15) is 0 Å². The summed E-state index contributed by atoms with van der Waals surface area (Å²) in [6, 6.07) is 11.0. The molecule has 0 amide bonds. The summed E-state index contributed by atoms with van der Waals surface area (Å²) in [5.74, 6) is 0. The van der Waals surface area contributed by atoms with Gasteiger partial charge in [0.15, 0.2) is 0 Å². The summed E-state index contributed by atoms with van der Waals surface area (Å²) in [6.45, 7) is 11.7. The lowest BCUT2D eigenvalue weighted by Gasteiger charge is -2.38. The molecule has 0 aliphatic rings. The number of hydrogen-bond donors (Lipinski definition) is 0. The van der Waals surface area contributed by atoms with Crippen LogP contribution in [0.15, 0.2) is 30.3 Å². The molecule has 1 aromatic rings. The van der Waals surface area contributed by atoms with Crippen molar-refractivity contribution in [2.75, 3.05) is 13.1 Å². The number of nitrogens with zero attached hydrogens (tertiary/aromatic N) is 1. The first-order valence-corrected chi connectivity index (χ1v) is 10.4. The van der Waals surface area contributed by atoms with Crippen LogP contribution in [-0.4, -0.2) is 18.0 Å². The molecular weight excluding hydrogens is 290 g/mol. The highest BCUT2D eigenvalue weighted by molar-refractivity contribution is 5.22. The van der Waals surface area contributed by atoms with Crippen LogP contribution in [0.3, 0.4) is 0 Å². The topological polar surface area (TPSA) is 3.24 Å². The van der Waals surface area contributed by atoms with Gasteiger partial charge in [-0.2, -0.15) is 0 Å². The van der Waals surface area contributed by atoms with Crippen LogP contribution in [0.5, 0.6) is 0 Å². The molecule has 0 radical (unpaired) electrons. The third-order valence-corrected chi connectivity index (χ3v) is 5.43. The third kappa shape index (κ3) is 7.83. The Labute approximate surface area is 151 Å². The Morgan fingerprint density at radius 2 is 1.21 bits per heavy atom. The Balaban J connectivity index is 2.18. The van der Waals surface area contributed by atoms with Crippen LogP contribution < -0.4 is 0 Å². The second-order valence-electron chi connectivity index (χ2n) is 7.69. The van der Waals surface area contributed by atoms with Gasteiger partial charge in [0.05, 0.1) is 0 Å². The fourth-order valence-corrected chi connectivity index (χ4v) is 3.65. The molecule has 0 aliphatic carbocycles. The van der Waals surface area contributed by atoms with Gasteiger partial charge in [0.2, 0.25) is 0 Å². The molecular formula is C23H41N. The van der Waals surface area contributed by atoms with Gasteiger partial charge in [0, 0.05) is 5.54 Å². The maximum absolute atomic E-state index is 2.63. The average molecular weight is 332 g/mol. The maximum atomic E-state index is 2.63. The summed E-state index contributed by atoms with van der Waals surface area (Å²) in [6.07, 6.45) is 14.1. The quantitative estimate of drug-likeness (QED) is 0.327. The number of benzene rings is 1. The van der Waals surface area contributed by atoms with E-state index in [-0.39, 0.29) is 5.54 Å². The van der Waals surface area contributed by atoms with E-state index in [1.165, 1.54) is 76.3 Å². The molecule has 0 N–H and O–H groups in total. The van der Waals surface area contributed by atoms with Crippen molar-refractivity contribution < 1.29 is 0 Å². The van der Waals surface area contributed by atoms with Gasteiger partial charge < -0.3 is 0 Å². The summed E-state index contributed by atoms with van der Waals surface area (Å²) in [5.41, 5.74) is 1.56. The van der Waals surface area contributed by atoms with Crippen LogP contribution in [0.4, 0.5) is 0 Å². The highest BCUT2D eigenvalue weighted by Crippen LogP contribution is 2.27. The highest BCUT2D eigenvalue weighted by Gasteiger charge is 2.26. The molecule has 138 valence electrons. The van der Waals surface area contributed by atoms with E-state index >= 15 is 0 Å². The van der Waals surface area contributed by atoms with Gasteiger partial charge in [-0.15, -0.1) is 0 Å². The fourth-order valence-electron chi connectivity index (χ4n) is 3.65. The second kappa shape index (κ2) is 12.5. The van der Waals surface area contributed by atoms with Crippen LogP contribution in [0.2, 0.25) is 0 Å². The van der Waals surface area contributed by atoms with Crippen LogP contribution in [0, 0.1) is 0 Å². The van der Waals surface area contributed by atoms with Crippen molar-refractivity contribution in [1.82, 2.24) is 4.90 Å². The van der Waals surface area contributed by atoms with Crippen molar-refractivity contribution in [2.45, 2.75) is 97.4 Å². The van der Waals surface area contributed by atoms with Crippen molar-refractivity contribution in [3.63, 3.8) is 0 Å². The molecule has 0 heterocycles. The Morgan fingerprint density at radius 1 is 0.708 bits per heavy atom. The minimum atomic E-state index is 0.134. The van der Waals surface area contributed by atoms with Crippen LogP contribution in [-0.2, 0) is 5.54 Å². The van der Waals surface area contributed by atoms with Crippen LogP contribution in [0.25, 0.3) is 0 Å². The van der Waals surface area contributed by atoms with Crippen LogP contribution in [0.1, 0.15) is 97.5 Å². The van der Waals surface area contributed by atoms with Crippen LogP contribution >= 0.6 is 0 Å². The van der Waals surface area contributed by atoms with E-state index in [0.29, 0.717) is 0 Å². The summed E-state index contributed by atoms with van der Waals surface area (Å²) in [5, 5.41) is 0. The summed E-state index contributed by atoms with van der Waals surface area (Å²) < 4.78 is 0. The zero-order valence-electron chi connectivity index (χ0n) is 16.8. The number of unbranched alkanes of at least 4 members (excludes halogenated alkanes) is 9. The standard InChI is InChI=1S/C23H41N/c1-5-7-8-9-10-11-12-13-14-18-21-24(6-2)23(3,4)22-19-16-15-17-20-22/h15-17,19-20H,5-14,18,21H2,1-4H3. The normalized spacial score (nSPS) is 12.0. The second-order valence-corrected chi connectivity index (χ2v) is 7.69. The van der Waals surface area contributed by atoms with Crippen molar-refractivity contribution in [1.29, 1.82) is 0 Å². The van der Waals surface area contributed by atoms with E-state index in [4.69, 9.17) is 0 Å². The highest BCUT2D eigenvalue weighted by atomic mass is 15.2. The lowest BCUT2D eigenvalue weighted by Crippen LogP contribution is -2.42. The molecule has 1 aromatic carbocycles. The van der Waals surface area contributed by atoms with Crippen molar-refractivity contribution in [2.24, 2.45) is 0 Å². The van der Waals surface area contributed by atoms with E-state index in [1.54, 1.807) is 0 Å². The van der Waals surface area contributed by atoms with Gasteiger partial charge in [0.25, 0.3) is 0 Å². The monoisotopic (exact) mass is 331 g/mol. The fraction of sp³-hybridized carbons (Fsp3) is 0.739. The molecule has 0 atom stereocenters. The summed E-state index contributed by atoms with van der Waals surface area (Å²) >= 11 is 0. The molecule has 1 rings (SSSR count). The smallest absolute Gasteiger partial charge is 0.0404 e. The average Bonchev–Trinajstić information content (AvgIpc) is 2.60. The molecule has 0 unspecified atom stereocenters. The lowest BCUT2D eigenvalue weighted by molar-refractivity contribution is 0.124. The zero-order chi connectivity index (χ0) is 17.7. The number of rotatable bonds is 14. The molecule has 0 bridgehead atoms. The molecule has 0 saturated carbocycles. The molecule has 24 heavy (non-hydrogen) atoms. The van der Waals surface area contributed by atoms with Crippen molar-refractivity contribution in [3.05, 3.63) is 35.9 Å². The predicted octanol–water partition coefficient (Wildman–Crippen LogP) is 7.16. The molecule has 0 saturated heterocycles. The van der Waals surface area contributed by atoms with Gasteiger partial charge in [-0.1, -0.05) is 102 Å². The van der Waals surface area contributed by atoms with Gasteiger partial charge >= 0.3 is 0 Å². The van der Waals surface area contributed by atoms with Gasteiger partial charge in [-0.05, 0) is 38.9 Å². The Hall–Kier alpha value is -0.820. The molecule has 0 spiro atoms. The Bertz CT molecular complexity index is 396. The van der Waals surface area contributed by atoms with Crippen molar-refractivity contribution >= 4 is 0 Å². The van der Waals surface area contributed by atoms with Gasteiger partial charge in [-0.3, -0.25) is 4.90 Å². The van der Waals surface area contributed by atoms with Gasteiger partial charge in [0.1, 0.15) is 0 Å². The molecule has 0 fully saturated rings. The van der Waals surface area contributed by atoms with E-state index < -0.39 is 0 Å². The van der Waals surface area contributed by atoms with E-state index in [1.807, 2.05) is 0 Å². The number of hydrogen-bond acceptors (Lipinski definition) is 1. The maximum Gasteiger partial charge on any atom is 0.0404 e. The lowest BCUT2D eigenvalue weighted by atomic mass is 9.92. The summed E-state index contributed by atoms with van der Waals surface area (Å²) in [4.78, 5) is 2.63.